The second-order valence-corrected chi connectivity index (χ2v) is 11.9. The van der Waals surface area contributed by atoms with Gasteiger partial charge in [0.2, 0.25) is 0 Å². The third-order valence-electron chi connectivity index (χ3n) is 8.37. The molecule has 2 aromatic heterocycles. The van der Waals surface area contributed by atoms with Crippen LogP contribution in [0.1, 0.15) is 80.0 Å². The molecule has 0 atom stereocenters. The van der Waals surface area contributed by atoms with Gasteiger partial charge in [-0.15, -0.1) is 0 Å². The molecule has 4 heterocycles. The summed E-state index contributed by atoms with van der Waals surface area (Å²) in [6.45, 7) is 8.55. The fourth-order valence-electron chi connectivity index (χ4n) is 6.07. The van der Waals surface area contributed by atoms with E-state index in [9.17, 15) is 23.1 Å². The zero-order valence-electron chi connectivity index (χ0n) is 23.7. The highest BCUT2D eigenvalue weighted by atomic mass is 19.4. The summed E-state index contributed by atoms with van der Waals surface area (Å²) in [5.74, 6) is -0.146. The second kappa shape index (κ2) is 12.1. The minimum atomic E-state index is -4.73. The normalized spacial score (nSPS) is 18.2. The van der Waals surface area contributed by atoms with Gasteiger partial charge in [0, 0.05) is 42.1 Å². The lowest BCUT2D eigenvalue weighted by Crippen LogP contribution is -2.35. The van der Waals surface area contributed by atoms with Crippen LogP contribution in [-0.2, 0) is 11.8 Å². The summed E-state index contributed by atoms with van der Waals surface area (Å²) in [6.07, 6.45) is 5.39. The summed E-state index contributed by atoms with van der Waals surface area (Å²) in [5, 5.41) is 22.4. The van der Waals surface area contributed by atoms with Crippen molar-refractivity contribution in [2.45, 2.75) is 70.2 Å². The molecule has 222 valence electrons. The molecule has 41 heavy (non-hydrogen) atoms. The quantitative estimate of drug-likeness (QED) is 0.337. The van der Waals surface area contributed by atoms with Crippen molar-refractivity contribution in [3.8, 4) is 0 Å². The molecule has 8 nitrogen and oxygen atoms in total. The Morgan fingerprint density at radius 3 is 2.54 bits per heavy atom. The van der Waals surface area contributed by atoms with E-state index >= 15 is 0 Å². The number of likely N-dealkylation sites (tertiary alicyclic amines) is 1. The Labute approximate surface area is 238 Å². The lowest BCUT2D eigenvalue weighted by atomic mass is 9.93. The maximum absolute atomic E-state index is 13.5. The number of amides is 1. The SMILES string of the molecule is CC(C)(O)c1cc2nn(C3CCN(CCCC4CCNCC4)CC3)cc2cc1NC(=O)c1ncccc1C(F)(F)F. The highest BCUT2D eigenvalue weighted by Crippen LogP contribution is 2.35. The Morgan fingerprint density at radius 2 is 1.85 bits per heavy atom. The number of halogens is 3. The van der Waals surface area contributed by atoms with Gasteiger partial charge in [0.05, 0.1) is 22.7 Å². The van der Waals surface area contributed by atoms with Crippen LogP contribution < -0.4 is 10.6 Å². The molecule has 2 aliphatic heterocycles. The first-order valence-corrected chi connectivity index (χ1v) is 14.5. The van der Waals surface area contributed by atoms with E-state index in [0.29, 0.717) is 11.1 Å². The Bertz CT molecular complexity index is 1350. The smallest absolute Gasteiger partial charge is 0.386 e. The van der Waals surface area contributed by atoms with E-state index in [2.05, 4.69) is 20.5 Å². The molecule has 1 aromatic carbocycles. The highest BCUT2D eigenvalue weighted by molar-refractivity contribution is 6.05. The molecule has 0 aliphatic carbocycles. The van der Waals surface area contributed by atoms with Crippen LogP contribution in [-0.4, -0.2) is 63.4 Å². The molecule has 0 spiro atoms. The Balaban J connectivity index is 1.28. The number of carbonyl (C=O) groups excluding carboxylic acids is 1. The number of hydrogen-bond acceptors (Lipinski definition) is 6. The van der Waals surface area contributed by atoms with Crippen molar-refractivity contribution in [3.63, 3.8) is 0 Å². The van der Waals surface area contributed by atoms with E-state index in [4.69, 9.17) is 5.10 Å². The van der Waals surface area contributed by atoms with Gasteiger partial charge in [-0.3, -0.25) is 14.5 Å². The predicted octanol–water partition coefficient (Wildman–Crippen LogP) is 5.35. The predicted molar refractivity (Wildman–Crippen MR) is 152 cm³/mol. The maximum atomic E-state index is 13.5. The van der Waals surface area contributed by atoms with Gasteiger partial charge in [0.25, 0.3) is 5.91 Å². The Morgan fingerprint density at radius 1 is 1.12 bits per heavy atom. The van der Waals surface area contributed by atoms with Crippen molar-refractivity contribution in [1.29, 1.82) is 0 Å². The molecular formula is C30H39F3N6O2. The first kappa shape index (κ1) is 29.5. The average Bonchev–Trinajstić information content (AvgIpc) is 3.36. The number of aromatic nitrogens is 3. The van der Waals surface area contributed by atoms with E-state index < -0.39 is 28.9 Å². The third kappa shape index (κ3) is 7.07. The molecule has 2 fully saturated rings. The number of fused-ring (bicyclic) bond motifs is 1. The number of nitrogens with one attached hydrogen (secondary N) is 2. The Kier molecular flexibility index (Phi) is 8.68. The number of pyridine rings is 1. The second-order valence-electron chi connectivity index (χ2n) is 11.9. The zero-order chi connectivity index (χ0) is 29.2. The van der Waals surface area contributed by atoms with Gasteiger partial charge in [-0.1, -0.05) is 0 Å². The monoisotopic (exact) mass is 572 g/mol. The first-order valence-electron chi connectivity index (χ1n) is 14.5. The Hall–Kier alpha value is -3.02. The number of benzene rings is 1. The number of rotatable bonds is 8. The molecule has 2 saturated heterocycles. The summed E-state index contributed by atoms with van der Waals surface area (Å²) in [5.41, 5.74) is -1.99. The van der Waals surface area contributed by atoms with Crippen LogP contribution in [0.25, 0.3) is 10.9 Å². The summed E-state index contributed by atoms with van der Waals surface area (Å²) in [7, 11) is 0. The number of carbonyl (C=O) groups is 1. The number of alkyl halides is 3. The lowest BCUT2D eigenvalue weighted by molar-refractivity contribution is -0.138. The van der Waals surface area contributed by atoms with Crippen LogP contribution in [0, 0.1) is 5.92 Å². The molecule has 3 N–H and O–H groups in total. The van der Waals surface area contributed by atoms with Crippen molar-refractivity contribution in [2.75, 3.05) is 38.0 Å². The van der Waals surface area contributed by atoms with Crippen molar-refractivity contribution in [2.24, 2.45) is 5.92 Å². The molecule has 0 radical (unpaired) electrons. The molecule has 2 aliphatic rings. The van der Waals surface area contributed by atoms with Crippen LogP contribution in [0.4, 0.5) is 18.9 Å². The topological polar surface area (TPSA) is 95.3 Å². The van der Waals surface area contributed by atoms with Gasteiger partial charge in [-0.25, -0.2) is 0 Å². The molecule has 0 unspecified atom stereocenters. The molecule has 0 saturated carbocycles. The van der Waals surface area contributed by atoms with Crippen LogP contribution in [0.5, 0.6) is 0 Å². The van der Waals surface area contributed by atoms with Crippen molar-refractivity contribution < 1.29 is 23.1 Å². The van der Waals surface area contributed by atoms with Gasteiger partial charge in [-0.2, -0.15) is 18.3 Å². The minimum absolute atomic E-state index is 0.219. The van der Waals surface area contributed by atoms with Crippen LogP contribution >= 0.6 is 0 Å². The van der Waals surface area contributed by atoms with Crippen LogP contribution in [0.15, 0.2) is 36.7 Å². The third-order valence-corrected chi connectivity index (χ3v) is 8.37. The van der Waals surface area contributed by atoms with Crippen LogP contribution in [0.2, 0.25) is 0 Å². The van der Waals surface area contributed by atoms with Crippen LogP contribution in [0.3, 0.4) is 0 Å². The number of anilines is 1. The summed E-state index contributed by atoms with van der Waals surface area (Å²) < 4.78 is 42.4. The summed E-state index contributed by atoms with van der Waals surface area (Å²) >= 11 is 0. The zero-order valence-corrected chi connectivity index (χ0v) is 23.7. The minimum Gasteiger partial charge on any atom is -0.386 e. The lowest BCUT2D eigenvalue weighted by Gasteiger charge is -2.32. The molecule has 5 rings (SSSR count). The van der Waals surface area contributed by atoms with E-state index in [1.165, 1.54) is 25.7 Å². The fourth-order valence-corrected chi connectivity index (χ4v) is 6.07. The molecule has 11 heteroatoms. The molecular weight excluding hydrogens is 533 g/mol. The number of piperidine rings is 2. The number of nitrogens with zero attached hydrogens (tertiary/aromatic N) is 4. The van der Waals surface area contributed by atoms with Crippen molar-refractivity contribution >= 4 is 22.5 Å². The first-order chi connectivity index (χ1) is 19.5. The fraction of sp³-hybridized carbons (Fsp3) is 0.567. The van der Waals surface area contributed by atoms with Crippen molar-refractivity contribution in [3.05, 3.63) is 53.5 Å². The van der Waals surface area contributed by atoms with Gasteiger partial charge in [-0.05, 0) is 102 Å². The van der Waals surface area contributed by atoms with E-state index in [1.54, 1.807) is 26.0 Å². The van der Waals surface area contributed by atoms with Gasteiger partial charge >= 0.3 is 6.18 Å². The highest BCUT2D eigenvalue weighted by Gasteiger charge is 2.36. The van der Waals surface area contributed by atoms with E-state index in [-0.39, 0.29) is 11.7 Å². The van der Waals surface area contributed by atoms with E-state index in [0.717, 1.165) is 75.2 Å². The van der Waals surface area contributed by atoms with Gasteiger partial charge in [0.15, 0.2) is 0 Å². The maximum Gasteiger partial charge on any atom is 0.418 e. The van der Waals surface area contributed by atoms with Crippen molar-refractivity contribution in [1.82, 2.24) is 25.0 Å². The molecule has 1 amide bonds. The summed E-state index contributed by atoms with van der Waals surface area (Å²) in [4.78, 5) is 19.2. The molecule has 0 bridgehead atoms. The summed E-state index contributed by atoms with van der Waals surface area (Å²) in [6, 6.07) is 5.56. The van der Waals surface area contributed by atoms with E-state index in [1.807, 2.05) is 10.9 Å². The average molecular weight is 573 g/mol. The van der Waals surface area contributed by atoms with Gasteiger partial charge in [0.1, 0.15) is 5.69 Å². The number of aliphatic hydroxyl groups is 1. The van der Waals surface area contributed by atoms with Gasteiger partial charge < -0.3 is 20.6 Å². The molecule has 3 aromatic rings. The standard InChI is InChI=1S/C30H39F3N6O2/c1-29(2,41)24-18-25-21(17-26(24)36-28(40)27-23(30(31,32)33)6-3-11-35-27)19-39(37-25)22-9-15-38(16-10-22)14-4-5-20-7-12-34-13-8-20/h3,6,11,17-20,22,34,41H,4-5,7-10,12-16H2,1-2H3,(H,36,40). The largest absolute Gasteiger partial charge is 0.418 e. The number of hydrogen-bond donors (Lipinski definition) is 3.